The standard InChI is InChI=1S/C7H14N2O.C6H10N2O2.C5H10O2.C5H8/c1-4-7(10)9-5-6(2)8-3;7-6(10)5-2-1-3-8(5)4-9;1-5(2,3)7-4-6;1-2-5-3-4-5/h4,6,8H,1,5H2,2-3H3,(H,9,10);4-5H,1-3H2,(H2,7,10);4H,1-3H3;2,5H,1,3-4H2. The Balaban J connectivity index is 0. The maximum atomic E-state index is 10.6. The van der Waals surface area contributed by atoms with Gasteiger partial charge in [-0.25, -0.2) is 0 Å². The van der Waals surface area contributed by atoms with Crippen LogP contribution < -0.4 is 16.4 Å². The molecule has 1 aliphatic heterocycles. The number of carbonyl (C=O) groups excluding carboxylic acids is 4. The molecule has 0 aromatic carbocycles. The minimum Gasteiger partial charge on any atom is -0.462 e. The van der Waals surface area contributed by atoms with Crippen LogP contribution in [0.4, 0.5) is 0 Å². The van der Waals surface area contributed by atoms with Crippen molar-refractivity contribution in [2.24, 2.45) is 11.7 Å². The summed E-state index contributed by atoms with van der Waals surface area (Å²) in [6, 6.07) is -0.0404. The smallest absolute Gasteiger partial charge is 0.293 e. The van der Waals surface area contributed by atoms with E-state index in [-0.39, 0.29) is 17.6 Å². The van der Waals surface area contributed by atoms with Gasteiger partial charge in [0.05, 0.1) is 0 Å². The number of nitrogens with two attached hydrogens (primary N) is 1. The van der Waals surface area contributed by atoms with Crippen LogP contribution in [0, 0.1) is 5.92 Å². The fourth-order valence-electron chi connectivity index (χ4n) is 2.12. The minimum absolute atomic E-state index is 0.123. The molecule has 0 bridgehead atoms. The molecule has 2 fully saturated rings. The van der Waals surface area contributed by atoms with Crippen molar-refractivity contribution in [2.45, 2.75) is 71.1 Å². The van der Waals surface area contributed by atoms with Gasteiger partial charge in [0.25, 0.3) is 6.47 Å². The Morgan fingerprint density at radius 2 is 1.81 bits per heavy atom. The summed E-state index contributed by atoms with van der Waals surface area (Å²) in [7, 11) is 1.85. The molecule has 0 aromatic heterocycles. The van der Waals surface area contributed by atoms with Crippen LogP contribution in [0.2, 0.25) is 0 Å². The number of primary amides is 1. The first-order chi connectivity index (χ1) is 14.9. The van der Waals surface area contributed by atoms with E-state index in [2.05, 4.69) is 28.5 Å². The van der Waals surface area contributed by atoms with E-state index in [0.717, 1.165) is 12.3 Å². The lowest BCUT2D eigenvalue weighted by molar-refractivity contribution is -0.138. The van der Waals surface area contributed by atoms with Crippen molar-refractivity contribution in [3.63, 3.8) is 0 Å². The van der Waals surface area contributed by atoms with Gasteiger partial charge in [0, 0.05) is 19.1 Å². The van der Waals surface area contributed by atoms with Gasteiger partial charge in [-0.1, -0.05) is 12.7 Å². The summed E-state index contributed by atoms with van der Waals surface area (Å²) in [6.07, 6.45) is 8.36. The zero-order valence-electron chi connectivity index (χ0n) is 20.3. The average molecular weight is 455 g/mol. The second-order valence-electron chi connectivity index (χ2n) is 8.44. The third kappa shape index (κ3) is 19.3. The Bertz CT molecular complexity index is 585. The van der Waals surface area contributed by atoms with E-state index in [4.69, 9.17) is 5.73 Å². The number of nitrogens with zero attached hydrogens (tertiary/aromatic N) is 1. The number of nitrogens with one attached hydrogen (secondary N) is 2. The quantitative estimate of drug-likeness (QED) is 0.290. The molecule has 2 rings (SSSR count). The first-order valence-corrected chi connectivity index (χ1v) is 10.8. The van der Waals surface area contributed by atoms with Crippen LogP contribution >= 0.6 is 0 Å². The second-order valence-corrected chi connectivity index (χ2v) is 8.44. The molecule has 0 spiro atoms. The molecule has 0 aromatic rings. The van der Waals surface area contributed by atoms with Gasteiger partial charge in [-0.15, -0.1) is 6.58 Å². The Morgan fingerprint density at radius 1 is 1.22 bits per heavy atom. The molecule has 184 valence electrons. The number of hydrogen-bond donors (Lipinski definition) is 3. The third-order valence-electron chi connectivity index (χ3n) is 4.38. The van der Waals surface area contributed by atoms with Gasteiger partial charge in [-0.2, -0.15) is 0 Å². The lowest BCUT2D eigenvalue weighted by atomic mass is 10.2. The number of likely N-dealkylation sites (tertiary alicyclic amines) is 1. The molecule has 1 aliphatic carbocycles. The molecular formula is C23H42N4O5. The molecule has 1 heterocycles. The van der Waals surface area contributed by atoms with E-state index in [0.29, 0.717) is 38.4 Å². The Labute approximate surface area is 192 Å². The van der Waals surface area contributed by atoms with Crippen LogP contribution in [0.1, 0.15) is 53.4 Å². The highest BCUT2D eigenvalue weighted by Crippen LogP contribution is 2.28. The lowest BCUT2D eigenvalue weighted by Crippen LogP contribution is -2.39. The monoisotopic (exact) mass is 454 g/mol. The third-order valence-corrected chi connectivity index (χ3v) is 4.38. The number of hydrogen-bond acceptors (Lipinski definition) is 6. The van der Waals surface area contributed by atoms with E-state index >= 15 is 0 Å². The van der Waals surface area contributed by atoms with E-state index in [1.165, 1.54) is 23.8 Å². The summed E-state index contributed by atoms with van der Waals surface area (Å²) in [5.74, 6) is 0.377. The van der Waals surface area contributed by atoms with E-state index in [9.17, 15) is 19.2 Å². The Kier molecular flexibility index (Phi) is 17.7. The number of amides is 3. The van der Waals surface area contributed by atoms with Gasteiger partial charge in [-0.05, 0) is 72.4 Å². The van der Waals surface area contributed by atoms with Gasteiger partial charge in [0.1, 0.15) is 11.6 Å². The van der Waals surface area contributed by atoms with Crippen molar-refractivity contribution in [1.82, 2.24) is 15.5 Å². The normalized spacial score (nSPS) is 17.4. The summed E-state index contributed by atoms with van der Waals surface area (Å²) >= 11 is 0. The van der Waals surface area contributed by atoms with Gasteiger partial charge in [0.2, 0.25) is 18.2 Å². The van der Waals surface area contributed by atoms with Crippen LogP contribution in [-0.4, -0.2) is 67.4 Å². The Morgan fingerprint density at radius 3 is 2.06 bits per heavy atom. The highest BCUT2D eigenvalue weighted by Gasteiger charge is 2.27. The molecule has 9 nitrogen and oxygen atoms in total. The SMILES string of the molecule is C=CC(=O)NCC(C)NC.C=CC1CC1.CC(C)(C)OC=O.NC(=O)C1CCCN1C=O. The van der Waals surface area contributed by atoms with Crippen LogP contribution in [0.5, 0.6) is 0 Å². The highest BCUT2D eigenvalue weighted by molar-refractivity contribution is 5.86. The fraction of sp³-hybridized carbons (Fsp3) is 0.652. The summed E-state index contributed by atoms with van der Waals surface area (Å²) < 4.78 is 4.55. The van der Waals surface area contributed by atoms with Crippen LogP contribution in [0.25, 0.3) is 0 Å². The molecule has 32 heavy (non-hydrogen) atoms. The van der Waals surface area contributed by atoms with E-state index in [1.807, 2.05) is 40.8 Å². The predicted molar refractivity (Wildman–Crippen MR) is 127 cm³/mol. The first kappa shape index (κ1) is 31.5. The number of allylic oxidation sites excluding steroid dienone is 1. The molecule has 2 atom stereocenters. The average Bonchev–Trinajstić information content (AvgIpc) is 3.46. The lowest BCUT2D eigenvalue weighted by Gasteiger charge is -2.15. The van der Waals surface area contributed by atoms with Gasteiger partial charge < -0.3 is 26.0 Å². The summed E-state index contributed by atoms with van der Waals surface area (Å²) in [5, 5.41) is 5.66. The highest BCUT2D eigenvalue weighted by atomic mass is 16.5. The van der Waals surface area contributed by atoms with Crippen molar-refractivity contribution in [1.29, 1.82) is 0 Å². The van der Waals surface area contributed by atoms with Crippen molar-refractivity contribution in [3.8, 4) is 0 Å². The van der Waals surface area contributed by atoms with Gasteiger partial charge in [-0.3, -0.25) is 19.2 Å². The summed E-state index contributed by atoms with van der Waals surface area (Å²) in [4.78, 5) is 42.5. The molecule has 2 unspecified atom stereocenters. The van der Waals surface area contributed by atoms with E-state index < -0.39 is 5.91 Å². The zero-order valence-corrected chi connectivity index (χ0v) is 20.3. The number of likely N-dealkylation sites (N-methyl/N-ethyl adjacent to an activating group) is 1. The molecule has 3 amide bonds. The zero-order chi connectivity index (χ0) is 25.2. The Hall–Kier alpha value is -2.68. The molecule has 1 saturated heterocycles. The van der Waals surface area contributed by atoms with Crippen LogP contribution in [-0.2, 0) is 23.9 Å². The van der Waals surface area contributed by atoms with Crippen molar-refractivity contribution in [2.75, 3.05) is 20.1 Å². The van der Waals surface area contributed by atoms with Gasteiger partial charge in [0.15, 0.2) is 0 Å². The largest absolute Gasteiger partial charge is 0.462 e. The second kappa shape index (κ2) is 17.9. The first-order valence-electron chi connectivity index (χ1n) is 10.8. The van der Waals surface area contributed by atoms with Crippen LogP contribution in [0.15, 0.2) is 25.3 Å². The maximum Gasteiger partial charge on any atom is 0.293 e. The molecule has 1 saturated carbocycles. The van der Waals surface area contributed by atoms with Crippen molar-refractivity contribution < 1.29 is 23.9 Å². The molecule has 4 N–H and O–H groups in total. The van der Waals surface area contributed by atoms with Crippen LogP contribution in [0.3, 0.4) is 0 Å². The summed E-state index contributed by atoms with van der Waals surface area (Å²) in [6.45, 7) is 16.2. The number of carbonyl (C=O) groups is 4. The number of rotatable bonds is 8. The molecule has 0 radical (unpaired) electrons. The van der Waals surface area contributed by atoms with E-state index in [1.54, 1.807) is 0 Å². The minimum atomic E-state index is -0.399. The number of ether oxygens (including phenoxy) is 1. The fourth-order valence-corrected chi connectivity index (χ4v) is 2.12. The molecule has 9 heteroatoms. The van der Waals surface area contributed by atoms with Gasteiger partial charge >= 0.3 is 0 Å². The maximum absolute atomic E-state index is 10.6. The summed E-state index contributed by atoms with van der Waals surface area (Å²) in [5.41, 5.74) is 4.71. The molecular weight excluding hydrogens is 412 g/mol. The van der Waals surface area contributed by atoms with Crippen molar-refractivity contribution in [3.05, 3.63) is 25.3 Å². The predicted octanol–water partition coefficient (Wildman–Crippen LogP) is 1.53. The topological polar surface area (TPSA) is 131 Å². The molecule has 2 aliphatic rings. The van der Waals surface area contributed by atoms with Crippen molar-refractivity contribution >= 4 is 24.7 Å².